The van der Waals surface area contributed by atoms with Gasteiger partial charge in [0.05, 0.1) is 0 Å². The second-order valence-electron chi connectivity index (χ2n) is 2.71. The molecule has 13 heavy (non-hydrogen) atoms. The van der Waals surface area contributed by atoms with Gasteiger partial charge >= 0.3 is 0 Å². The van der Waals surface area contributed by atoms with E-state index in [2.05, 4.69) is 17.5 Å². The first-order valence-corrected chi connectivity index (χ1v) is 4.05. The summed E-state index contributed by atoms with van der Waals surface area (Å²) in [6.07, 6.45) is 5.98. The number of hydrogen-bond acceptors (Lipinski definition) is 0. The number of benzene rings is 1. The molecule has 1 aliphatic heterocycles. The van der Waals surface area contributed by atoms with Crippen LogP contribution < -0.4 is 0 Å². The summed E-state index contributed by atoms with van der Waals surface area (Å²) in [5, 5.41) is 4.27. The number of rotatable bonds is 0. The van der Waals surface area contributed by atoms with Gasteiger partial charge in [-0.25, -0.2) is 0 Å². The van der Waals surface area contributed by atoms with Crippen molar-refractivity contribution in [3.8, 4) is 0 Å². The van der Waals surface area contributed by atoms with E-state index >= 15 is 0 Å². The third-order valence-corrected chi connectivity index (χ3v) is 1.99. The fraction of sp³-hybridized carbons (Fsp3) is 0.0909. The van der Waals surface area contributed by atoms with Crippen LogP contribution in [0.5, 0.6) is 0 Å². The van der Waals surface area contributed by atoms with Crippen molar-refractivity contribution < 1.29 is 20.4 Å². The number of allylic oxidation sites excluding steroid dienone is 3. The van der Waals surface area contributed by atoms with E-state index in [0.717, 1.165) is 5.69 Å². The molecule has 0 aliphatic carbocycles. The maximum Gasteiger partial charge on any atom is 0 e. The Balaban J connectivity index is 0.000000845. The van der Waals surface area contributed by atoms with Crippen molar-refractivity contribution in [2.45, 2.75) is 6.92 Å². The zero-order valence-corrected chi connectivity index (χ0v) is 10.1. The molecule has 0 unspecified atom stereocenters. The van der Waals surface area contributed by atoms with Crippen molar-refractivity contribution in [3.63, 3.8) is 0 Å². The Kier molecular flexibility index (Phi) is 3.48. The summed E-state index contributed by atoms with van der Waals surface area (Å²) < 4.78 is 0. The van der Waals surface area contributed by atoms with Crippen molar-refractivity contribution in [1.82, 2.24) is 0 Å². The van der Waals surface area contributed by atoms with Crippen molar-refractivity contribution >= 4 is 11.3 Å². The van der Waals surface area contributed by atoms with Crippen LogP contribution in [-0.4, -0.2) is 0 Å². The zero-order chi connectivity index (χ0) is 8.39. The molecular weight excluding hydrogens is 332 g/mol. The topological polar surface area (TPSA) is 14.1 Å². The smallest absolute Gasteiger partial charge is 0 e. The molecular formula is C11H10NRe-. The Bertz CT molecular complexity index is 353. The summed E-state index contributed by atoms with van der Waals surface area (Å²) in [6.45, 7) is 2.04. The van der Waals surface area contributed by atoms with E-state index in [1.807, 2.05) is 37.4 Å². The van der Waals surface area contributed by atoms with Crippen molar-refractivity contribution in [3.05, 3.63) is 53.5 Å². The third kappa shape index (κ3) is 1.91. The van der Waals surface area contributed by atoms with E-state index in [1.165, 1.54) is 11.1 Å². The Labute approximate surface area is 92.2 Å². The van der Waals surface area contributed by atoms with Crippen LogP contribution in [0.3, 0.4) is 0 Å². The first kappa shape index (κ1) is 10.2. The molecule has 2 rings (SSSR count). The number of hydrogen-bond donors (Lipinski definition) is 0. The average molecular weight is 342 g/mol. The zero-order valence-electron chi connectivity index (χ0n) is 7.37. The normalized spacial score (nSPS) is 15.9. The molecule has 1 nitrogen and oxygen atoms in total. The van der Waals surface area contributed by atoms with Gasteiger partial charge in [-0.1, -0.05) is 36.4 Å². The summed E-state index contributed by atoms with van der Waals surface area (Å²) in [4.78, 5) is 0. The fourth-order valence-electron chi connectivity index (χ4n) is 1.37. The molecule has 0 saturated heterocycles. The van der Waals surface area contributed by atoms with E-state index < -0.39 is 0 Å². The SMILES string of the molecule is C/C=C1/C=C[N-]c2ccccc21.[Re]. The maximum absolute atomic E-state index is 4.27. The van der Waals surface area contributed by atoms with E-state index in [1.54, 1.807) is 0 Å². The van der Waals surface area contributed by atoms with E-state index in [4.69, 9.17) is 0 Å². The van der Waals surface area contributed by atoms with Gasteiger partial charge in [0.2, 0.25) is 0 Å². The molecule has 0 spiro atoms. The maximum atomic E-state index is 4.27. The van der Waals surface area contributed by atoms with E-state index in [9.17, 15) is 0 Å². The number of nitrogens with zero attached hydrogens (tertiary/aromatic N) is 1. The van der Waals surface area contributed by atoms with Gasteiger partial charge in [-0.2, -0.15) is 6.20 Å². The van der Waals surface area contributed by atoms with Crippen LogP contribution in [0.2, 0.25) is 0 Å². The van der Waals surface area contributed by atoms with Gasteiger partial charge < -0.3 is 5.32 Å². The molecule has 1 aliphatic rings. The van der Waals surface area contributed by atoms with Crippen molar-refractivity contribution in [1.29, 1.82) is 0 Å². The van der Waals surface area contributed by atoms with Crippen LogP contribution in [0, 0.1) is 0 Å². The standard InChI is InChI=1S/C11H10N.Re/c1-2-9-7-8-12-11-6-4-3-5-10(9)11;/h2-8H,1H3;/q-1;/b9-2-;. The van der Waals surface area contributed by atoms with Gasteiger partial charge in [-0.3, -0.25) is 0 Å². The quantitative estimate of drug-likeness (QED) is 0.684. The molecule has 1 heterocycles. The van der Waals surface area contributed by atoms with Gasteiger partial charge in [0.15, 0.2) is 0 Å². The predicted molar refractivity (Wildman–Crippen MR) is 52.3 cm³/mol. The Hall–Kier alpha value is -0.838. The minimum absolute atomic E-state index is 0. The summed E-state index contributed by atoms with van der Waals surface area (Å²) >= 11 is 0. The van der Waals surface area contributed by atoms with Gasteiger partial charge in [-0.05, 0) is 18.1 Å². The number of para-hydroxylation sites is 1. The second-order valence-corrected chi connectivity index (χ2v) is 2.71. The Morgan fingerprint density at radius 3 is 2.77 bits per heavy atom. The molecule has 0 saturated carbocycles. The Morgan fingerprint density at radius 2 is 2.00 bits per heavy atom. The van der Waals surface area contributed by atoms with Crippen LogP contribution in [0.4, 0.5) is 5.69 Å². The summed E-state index contributed by atoms with van der Waals surface area (Å²) in [7, 11) is 0. The van der Waals surface area contributed by atoms with Gasteiger partial charge in [-0.15, -0.1) is 5.69 Å². The Morgan fingerprint density at radius 1 is 1.23 bits per heavy atom. The van der Waals surface area contributed by atoms with Crippen LogP contribution in [0.25, 0.3) is 10.9 Å². The molecule has 0 aromatic heterocycles. The van der Waals surface area contributed by atoms with E-state index in [0.29, 0.717) is 0 Å². The van der Waals surface area contributed by atoms with Crippen LogP contribution in [-0.2, 0) is 20.4 Å². The molecule has 1 aromatic rings. The summed E-state index contributed by atoms with van der Waals surface area (Å²) in [5.41, 5.74) is 3.54. The van der Waals surface area contributed by atoms with E-state index in [-0.39, 0.29) is 20.4 Å². The van der Waals surface area contributed by atoms with Crippen LogP contribution in [0.1, 0.15) is 12.5 Å². The molecule has 0 amide bonds. The van der Waals surface area contributed by atoms with Gasteiger partial charge in [0, 0.05) is 20.4 Å². The first-order valence-electron chi connectivity index (χ1n) is 4.05. The second kappa shape index (κ2) is 4.41. The number of fused-ring (bicyclic) bond motifs is 1. The molecule has 2 heteroatoms. The largest absolute Gasteiger partial charge is 0.664 e. The van der Waals surface area contributed by atoms with Crippen LogP contribution >= 0.6 is 0 Å². The van der Waals surface area contributed by atoms with Crippen molar-refractivity contribution in [2.24, 2.45) is 0 Å². The average Bonchev–Trinajstić information content (AvgIpc) is 2.17. The molecule has 67 valence electrons. The molecule has 0 N–H and O–H groups in total. The minimum atomic E-state index is 0. The van der Waals surface area contributed by atoms with Gasteiger partial charge in [0.1, 0.15) is 0 Å². The fourth-order valence-corrected chi connectivity index (χ4v) is 1.37. The van der Waals surface area contributed by atoms with Crippen LogP contribution in [0.15, 0.2) is 42.6 Å². The summed E-state index contributed by atoms with van der Waals surface area (Å²) in [5.74, 6) is 0. The molecule has 1 aromatic carbocycles. The molecule has 1 radical (unpaired) electrons. The minimum Gasteiger partial charge on any atom is -0.664 e. The monoisotopic (exact) mass is 343 g/mol. The summed E-state index contributed by atoms with van der Waals surface area (Å²) in [6, 6.07) is 8.17. The molecule has 0 bridgehead atoms. The first-order chi connectivity index (χ1) is 5.92. The van der Waals surface area contributed by atoms with Crippen molar-refractivity contribution in [2.75, 3.05) is 0 Å². The molecule has 0 atom stereocenters. The predicted octanol–water partition coefficient (Wildman–Crippen LogP) is 3.62. The third-order valence-electron chi connectivity index (χ3n) is 1.99. The van der Waals surface area contributed by atoms with Gasteiger partial charge in [0.25, 0.3) is 0 Å². The molecule has 0 fully saturated rings.